The highest BCUT2D eigenvalue weighted by molar-refractivity contribution is 7.13. The summed E-state index contributed by atoms with van der Waals surface area (Å²) in [5.41, 5.74) is 0.0801. The Morgan fingerprint density at radius 1 is 1.20 bits per heavy atom. The van der Waals surface area contributed by atoms with Crippen molar-refractivity contribution in [2.75, 3.05) is 33.0 Å². The Balaban J connectivity index is 0.000000340. The Kier molecular flexibility index (Phi) is 13.9. The van der Waals surface area contributed by atoms with E-state index in [1.165, 1.54) is 28.7 Å². The highest BCUT2D eigenvalue weighted by Gasteiger charge is 2.30. The third-order valence-electron chi connectivity index (χ3n) is 4.76. The van der Waals surface area contributed by atoms with Gasteiger partial charge in [0.1, 0.15) is 6.61 Å². The number of carbonyl (C=O) groups is 2. The number of carbonyl (C=O) groups excluding carboxylic acids is 2. The fraction of sp³-hybridized carbons (Fsp3) is 0.500. The van der Waals surface area contributed by atoms with Gasteiger partial charge in [-0.25, -0.2) is 0 Å². The van der Waals surface area contributed by atoms with Crippen LogP contribution in [0.15, 0.2) is 36.9 Å². The van der Waals surface area contributed by atoms with Crippen molar-refractivity contribution in [3.63, 3.8) is 0 Å². The average Bonchev–Trinajstić information content (AvgIpc) is 3.51. The van der Waals surface area contributed by atoms with Gasteiger partial charge >= 0.3 is 5.97 Å². The van der Waals surface area contributed by atoms with Crippen molar-refractivity contribution in [3.8, 4) is 0 Å². The molecule has 2 aromatic heterocycles. The lowest BCUT2D eigenvalue weighted by Crippen LogP contribution is -2.33. The Morgan fingerprint density at radius 3 is 2.40 bits per heavy atom. The minimum atomic E-state index is -0.384. The van der Waals surface area contributed by atoms with E-state index in [1.54, 1.807) is 12.1 Å². The van der Waals surface area contributed by atoms with Crippen LogP contribution in [0.5, 0.6) is 0 Å². The quantitative estimate of drug-likeness (QED) is 0.163. The first-order valence-electron chi connectivity index (χ1n) is 10.7. The lowest BCUT2D eigenvalue weighted by molar-refractivity contribution is -0.224. The molecule has 35 heavy (non-hydrogen) atoms. The molecule has 0 amide bonds. The average molecular weight is 548 g/mol. The summed E-state index contributed by atoms with van der Waals surface area (Å²) in [4.78, 5) is 25.3. The van der Waals surface area contributed by atoms with Gasteiger partial charge in [0.25, 0.3) is 0 Å². The van der Waals surface area contributed by atoms with Gasteiger partial charge in [0.05, 0.1) is 48.0 Å². The molecular formula is C24H34ClNO7S2. The molecule has 1 aliphatic rings. The minimum Gasteiger partial charge on any atom is -0.461 e. The summed E-state index contributed by atoms with van der Waals surface area (Å²) < 4.78 is 16.2. The van der Waals surface area contributed by atoms with Crippen LogP contribution in [0.3, 0.4) is 0 Å². The molecule has 0 unspecified atom stereocenters. The van der Waals surface area contributed by atoms with E-state index in [2.05, 4.69) is 20.4 Å². The molecule has 0 spiro atoms. The second kappa shape index (κ2) is 15.5. The highest BCUT2D eigenvalue weighted by Crippen LogP contribution is 2.36. The zero-order valence-electron chi connectivity index (χ0n) is 20.0. The predicted octanol–water partition coefficient (Wildman–Crippen LogP) is 5.01. The Morgan fingerprint density at radius 2 is 1.86 bits per heavy atom. The van der Waals surface area contributed by atoms with Crippen LogP contribution in [0.2, 0.25) is 0 Å². The number of aliphatic hydroxyl groups is 2. The molecule has 1 saturated heterocycles. The summed E-state index contributed by atoms with van der Waals surface area (Å²) >= 11 is 8.77. The van der Waals surface area contributed by atoms with Gasteiger partial charge in [-0.05, 0) is 24.3 Å². The van der Waals surface area contributed by atoms with Gasteiger partial charge in [0.15, 0.2) is 12.6 Å². The number of rotatable bonds is 10. The molecule has 3 rings (SSSR count). The van der Waals surface area contributed by atoms with Crippen LogP contribution in [0.1, 0.15) is 62.2 Å². The fourth-order valence-electron chi connectivity index (χ4n) is 2.93. The lowest BCUT2D eigenvalue weighted by Gasteiger charge is -2.34. The van der Waals surface area contributed by atoms with Crippen molar-refractivity contribution < 1.29 is 34.0 Å². The van der Waals surface area contributed by atoms with Gasteiger partial charge in [-0.2, -0.15) is 0 Å². The third kappa shape index (κ3) is 10.1. The maximum Gasteiger partial charge on any atom is 0.306 e. The maximum atomic E-state index is 11.4. The van der Waals surface area contributed by atoms with Crippen LogP contribution in [0.4, 0.5) is 0 Å². The first-order valence-corrected chi connectivity index (χ1v) is 12.8. The molecule has 2 aromatic rings. The number of hydrogen-bond acceptors (Lipinski definition) is 10. The van der Waals surface area contributed by atoms with E-state index in [4.69, 9.17) is 30.9 Å². The highest BCUT2D eigenvalue weighted by atomic mass is 35.5. The third-order valence-corrected chi connectivity index (χ3v) is 7.66. The van der Waals surface area contributed by atoms with E-state index in [0.29, 0.717) is 18.1 Å². The molecule has 0 saturated carbocycles. The van der Waals surface area contributed by atoms with E-state index < -0.39 is 0 Å². The number of alkyl halides is 1. The largest absolute Gasteiger partial charge is 0.461 e. The summed E-state index contributed by atoms with van der Waals surface area (Å²) in [5, 5.41) is 17.9. The van der Waals surface area contributed by atoms with E-state index in [1.807, 2.05) is 12.1 Å². The van der Waals surface area contributed by atoms with Gasteiger partial charge in [0, 0.05) is 21.1 Å². The number of aliphatic hydroxyl groups excluding tert-OH is 2. The standard InChI is InChI=1S/C12H17ClO3S.C12H14O4S.H3N/c1-12(2)6-15-11(16-7-12)10-4-3-9(17-10)8(13)5-14;1-2-5-16-12(15)6-9(7-13)11-4-3-10(8-14)17-11;/h3-4,8,11,14H,5-7H2,1-2H3;2-4,8-9,13H,1,5-7H2;1H3/t8-;9-;/m11./s1. The van der Waals surface area contributed by atoms with Gasteiger partial charge < -0.3 is 30.6 Å². The van der Waals surface area contributed by atoms with Crippen molar-refractivity contribution >= 4 is 46.5 Å². The number of ether oxygens (including phenoxy) is 3. The van der Waals surface area contributed by atoms with E-state index in [9.17, 15) is 14.7 Å². The molecule has 196 valence electrons. The summed E-state index contributed by atoms with van der Waals surface area (Å²) in [5.74, 6) is -0.698. The molecule has 0 aliphatic carbocycles. The second-order valence-electron chi connectivity index (χ2n) is 8.42. The van der Waals surface area contributed by atoms with E-state index in [-0.39, 0.29) is 61.4 Å². The van der Waals surface area contributed by atoms with Crippen molar-refractivity contribution in [2.45, 2.75) is 37.9 Å². The van der Waals surface area contributed by atoms with Crippen LogP contribution in [-0.4, -0.2) is 55.5 Å². The van der Waals surface area contributed by atoms with E-state index in [0.717, 1.165) is 20.9 Å². The molecule has 11 heteroatoms. The first kappa shape index (κ1) is 31.4. The molecule has 1 aliphatic heterocycles. The molecule has 0 aromatic carbocycles. The van der Waals surface area contributed by atoms with Gasteiger partial charge in [0.2, 0.25) is 0 Å². The smallest absolute Gasteiger partial charge is 0.306 e. The SMILES string of the molecule is C=CCOC(=O)C[C@H](CO)c1ccc(C=O)s1.CC1(C)COC(c2ccc([C@H](Cl)CO)s2)OC1.N. The summed E-state index contributed by atoms with van der Waals surface area (Å²) in [6, 6.07) is 7.29. The molecule has 1 fully saturated rings. The zero-order valence-corrected chi connectivity index (χ0v) is 22.4. The molecule has 8 nitrogen and oxygen atoms in total. The van der Waals surface area contributed by atoms with Crippen molar-refractivity contribution in [3.05, 3.63) is 56.4 Å². The summed E-state index contributed by atoms with van der Waals surface area (Å²) in [6.07, 6.45) is 2.05. The van der Waals surface area contributed by atoms with Gasteiger partial charge in [-0.15, -0.1) is 34.3 Å². The monoisotopic (exact) mass is 547 g/mol. The van der Waals surface area contributed by atoms with Crippen LogP contribution in [-0.2, 0) is 19.0 Å². The summed E-state index contributed by atoms with van der Waals surface area (Å²) in [7, 11) is 0. The van der Waals surface area contributed by atoms with E-state index >= 15 is 0 Å². The Labute approximate surface area is 219 Å². The first-order chi connectivity index (χ1) is 16.2. The molecule has 3 heterocycles. The van der Waals surface area contributed by atoms with Crippen molar-refractivity contribution in [1.29, 1.82) is 0 Å². The lowest BCUT2D eigenvalue weighted by atomic mass is 9.96. The number of thiophene rings is 2. The predicted molar refractivity (Wildman–Crippen MR) is 139 cm³/mol. The number of aldehydes is 1. The van der Waals surface area contributed by atoms with Crippen molar-refractivity contribution in [1.82, 2.24) is 6.15 Å². The van der Waals surface area contributed by atoms with Crippen LogP contribution in [0, 0.1) is 5.41 Å². The maximum absolute atomic E-state index is 11.4. The molecular weight excluding hydrogens is 514 g/mol. The number of halogens is 1. The van der Waals surface area contributed by atoms with Gasteiger partial charge in [-0.3, -0.25) is 9.59 Å². The minimum absolute atomic E-state index is 0. The Bertz CT molecular complexity index is 921. The van der Waals surface area contributed by atoms with Crippen LogP contribution >= 0.6 is 34.3 Å². The molecule has 2 atom stereocenters. The van der Waals surface area contributed by atoms with Gasteiger partial charge in [-0.1, -0.05) is 26.5 Å². The Hall–Kier alpha value is -1.63. The molecule has 5 N–H and O–H groups in total. The summed E-state index contributed by atoms with van der Waals surface area (Å²) in [6.45, 7) is 9.01. The topological polar surface area (TPSA) is 137 Å². The molecule has 0 radical (unpaired) electrons. The zero-order chi connectivity index (χ0) is 25.1. The molecule has 0 bridgehead atoms. The fourth-order valence-corrected chi connectivity index (χ4v) is 5.03. The normalized spacial score (nSPS) is 16.7. The van der Waals surface area contributed by atoms with Crippen LogP contribution in [0.25, 0.3) is 0 Å². The number of hydrogen-bond donors (Lipinski definition) is 3. The van der Waals surface area contributed by atoms with Crippen LogP contribution < -0.4 is 6.15 Å². The second-order valence-corrected chi connectivity index (χ2v) is 11.2. The van der Waals surface area contributed by atoms with Crippen molar-refractivity contribution in [2.24, 2.45) is 5.41 Å². The number of esters is 1.